The van der Waals surface area contributed by atoms with Crippen LogP contribution in [0.2, 0.25) is 0 Å². The van der Waals surface area contributed by atoms with Crippen LogP contribution in [-0.4, -0.2) is 36.8 Å². The van der Waals surface area contributed by atoms with Gasteiger partial charge in [-0.3, -0.25) is 4.79 Å². The number of carbonyl (C=O) groups excluding carboxylic acids is 1. The van der Waals surface area contributed by atoms with Crippen molar-refractivity contribution in [3.63, 3.8) is 0 Å². The summed E-state index contributed by atoms with van der Waals surface area (Å²) < 4.78 is 10.8. The van der Waals surface area contributed by atoms with Crippen LogP contribution in [0.25, 0.3) is 0 Å². The highest BCUT2D eigenvalue weighted by molar-refractivity contribution is 5.76. The number of ether oxygens (including phenoxy) is 2. The Morgan fingerprint density at radius 3 is 2.75 bits per heavy atom. The number of esters is 1. The molecule has 0 aliphatic rings. The van der Waals surface area contributed by atoms with Crippen LogP contribution in [0.4, 0.5) is 5.82 Å². The van der Waals surface area contributed by atoms with Gasteiger partial charge in [-0.25, -0.2) is 4.98 Å². The molecule has 1 rings (SSSR count). The zero-order valence-corrected chi connectivity index (χ0v) is 12.8. The number of carbonyl (C=O) groups is 1. The Hall–Kier alpha value is -1.78. The molecule has 1 aromatic heterocycles. The van der Waals surface area contributed by atoms with E-state index >= 15 is 0 Å². The lowest BCUT2D eigenvalue weighted by Crippen LogP contribution is -2.33. The third-order valence-corrected chi connectivity index (χ3v) is 2.53. The molecule has 1 heterocycles. The number of nitrogens with zero attached hydrogens (tertiary/aromatic N) is 2. The molecule has 0 atom stereocenters. The Bertz CT molecular complexity index is 421. The molecule has 5 nitrogen and oxygen atoms in total. The first kappa shape index (κ1) is 16.3. The number of rotatable bonds is 8. The maximum absolute atomic E-state index is 11.7. The minimum absolute atomic E-state index is 0.0593. The van der Waals surface area contributed by atoms with Gasteiger partial charge >= 0.3 is 5.97 Å². The summed E-state index contributed by atoms with van der Waals surface area (Å²) in [6, 6.07) is 3.70. The van der Waals surface area contributed by atoms with Gasteiger partial charge in [-0.1, -0.05) is 6.92 Å². The Morgan fingerprint density at radius 2 is 2.15 bits per heavy atom. The molecule has 0 aliphatic carbocycles. The second-order valence-electron chi connectivity index (χ2n) is 4.72. The molecule has 20 heavy (non-hydrogen) atoms. The lowest BCUT2D eigenvalue weighted by molar-refractivity contribution is -0.141. The lowest BCUT2D eigenvalue weighted by atomic mass is 10.3. The first-order valence-corrected chi connectivity index (χ1v) is 7.10. The van der Waals surface area contributed by atoms with Crippen molar-refractivity contribution >= 4 is 11.8 Å². The van der Waals surface area contributed by atoms with Gasteiger partial charge in [0.15, 0.2) is 11.6 Å². The van der Waals surface area contributed by atoms with Crippen LogP contribution in [-0.2, 0) is 9.53 Å². The highest BCUT2D eigenvalue weighted by Crippen LogP contribution is 2.26. The zero-order valence-electron chi connectivity index (χ0n) is 12.8. The van der Waals surface area contributed by atoms with Gasteiger partial charge in [-0.2, -0.15) is 0 Å². The molecule has 0 N–H and O–H groups in total. The molecule has 0 aliphatic heterocycles. The molecule has 0 unspecified atom stereocenters. The van der Waals surface area contributed by atoms with Crippen molar-refractivity contribution in [2.75, 3.05) is 24.6 Å². The fourth-order valence-corrected chi connectivity index (χ4v) is 1.86. The Labute approximate surface area is 120 Å². The molecular weight excluding hydrogens is 256 g/mol. The summed E-state index contributed by atoms with van der Waals surface area (Å²) in [6.45, 7) is 9.09. The van der Waals surface area contributed by atoms with E-state index in [1.807, 2.05) is 30.9 Å². The molecule has 0 spiro atoms. The normalized spacial score (nSPS) is 10.4. The van der Waals surface area contributed by atoms with E-state index in [0.717, 1.165) is 13.0 Å². The second-order valence-corrected chi connectivity index (χ2v) is 4.72. The minimum atomic E-state index is -0.248. The van der Waals surface area contributed by atoms with Crippen molar-refractivity contribution in [2.24, 2.45) is 0 Å². The van der Waals surface area contributed by atoms with Crippen molar-refractivity contribution in [1.29, 1.82) is 0 Å². The highest BCUT2D eigenvalue weighted by atomic mass is 16.5. The van der Waals surface area contributed by atoms with Gasteiger partial charge in [0.2, 0.25) is 0 Å². The smallest absolute Gasteiger partial charge is 0.325 e. The van der Waals surface area contributed by atoms with Crippen molar-refractivity contribution in [3.05, 3.63) is 18.3 Å². The molecule has 1 aromatic rings. The zero-order chi connectivity index (χ0) is 15.0. The van der Waals surface area contributed by atoms with Crippen LogP contribution in [0.3, 0.4) is 0 Å². The number of anilines is 1. The molecule has 0 fully saturated rings. The number of aromatic nitrogens is 1. The van der Waals surface area contributed by atoms with Gasteiger partial charge in [0, 0.05) is 12.7 Å². The van der Waals surface area contributed by atoms with Crippen LogP contribution in [0.5, 0.6) is 5.75 Å². The molecule has 5 heteroatoms. The fraction of sp³-hybridized carbons (Fsp3) is 0.600. The van der Waals surface area contributed by atoms with E-state index in [4.69, 9.17) is 9.47 Å². The van der Waals surface area contributed by atoms with E-state index in [1.165, 1.54) is 0 Å². The Kier molecular flexibility index (Phi) is 6.84. The summed E-state index contributed by atoms with van der Waals surface area (Å²) in [5.74, 6) is 1.14. The van der Waals surface area contributed by atoms with E-state index in [-0.39, 0.29) is 18.6 Å². The fourth-order valence-electron chi connectivity index (χ4n) is 1.86. The summed E-state index contributed by atoms with van der Waals surface area (Å²) in [5, 5.41) is 0. The van der Waals surface area contributed by atoms with Crippen LogP contribution in [0.15, 0.2) is 18.3 Å². The molecular formula is C15H24N2O3. The van der Waals surface area contributed by atoms with Crippen molar-refractivity contribution < 1.29 is 14.3 Å². The van der Waals surface area contributed by atoms with Crippen molar-refractivity contribution in [1.82, 2.24) is 4.98 Å². The lowest BCUT2D eigenvalue weighted by Gasteiger charge is -2.24. The number of hydrogen-bond acceptors (Lipinski definition) is 5. The summed E-state index contributed by atoms with van der Waals surface area (Å²) in [7, 11) is 0. The predicted octanol–water partition coefficient (Wildman–Crippen LogP) is 2.65. The third kappa shape index (κ3) is 5.07. The third-order valence-electron chi connectivity index (χ3n) is 2.53. The minimum Gasteiger partial charge on any atom is -0.487 e. The van der Waals surface area contributed by atoms with Gasteiger partial charge in [-0.05, 0) is 39.3 Å². The average Bonchev–Trinajstić information content (AvgIpc) is 2.38. The quantitative estimate of drug-likeness (QED) is 0.685. The van der Waals surface area contributed by atoms with Crippen LogP contribution < -0.4 is 9.64 Å². The standard InChI is InChI=1S/C15H24N2O3/c1-5-10-17(11-14(18)19-6-2)15-13(20-12(3)4)8-7-9-16-15/h7-9,12H,5-6,10-11H2,1-4H3. The van der Waals surface area contributed by atoms with Gasteiger partial charge in [0.05, 0.1) is 12.7 Å². The first-order chi connectivity index (χ1) is 9.58. The molecule has 0 radical (unpaired) electrons. The Balaban J connectivity index is 2.92. The number of pyridine rings is 1. The van der Waals surface area contributed by atoms with Gasteiger partial charge in [0.1, 0.15) is 6.54 Å². The predicted molar refractivity (Wildman–Crippen MR) is 79.1 cm³/mol. The largest absolute Gasteiger partial charge is 0.487 e. The van der Waals surface area contributed by atoms with Crippen LogP contribution in [0.1, 0.15) is 34.1 Å². The topological polar surface area (TPSA) is 51.7 Å². The summed E-state index contributed by atoms with van der Waals surface area (Å²) in [5.41, 5.74) is 0. The van der Waals surface area contributed by atoms with Crippen LogP contribution in [0, 0.1) is 0 Å². The molecule has 0 aromatic carbocycles. The van der Waals surface area contributed by atoms with Crippen LogP contribution >= 0.6 is 0 Å². The van der Waals surface area contributed by atoms with E-state index in [9.17, 15) is 4.79 Å². The van der Waals surface area contributed by atoms with E-state index in [1.54, 1.807) is 13.1 Å². The maximum atomic E-state index is 11.7. The average molecular weight is 280 g/mol. The summed E-state index contributed by atoms with van der Waals surface area (Å²) in [4.78, 5) is 18.0. The van der Waals surface area contributed by atoms with Gasteiger partial charge in [0.25, 0.3) is 0 Å². The molecule has 0 amide bonds. The first-order valence-electron chi connectivity index (χ1n) is 7.10. The van der Waals surface area contributed by atoms with Crippen molar-refractivity contribution in [3.8, 4) is 5.75 Å². The highest BCUT2D eigenvalue weighted by Gasteiger charge is 2.17. The van der Waals surface area contributed by atoms with Crippen molar-refractivity contribution in [2.45, 2.75) is 40.2 Å². The Morgan fingerprint density at radius 1 is 1.40 bits per heavy atom. The SMILES string of the molecule is CCCN(CC(=O)OCC)c1ncccc1OC(C)C. The second kappa shape index (κ2) is 8.40. The maximum Gasteiger partial charge on any atom is 0.325 e. The molecule has 0 bridgehead atoms. The monoisotopic (exact) mass is 280 g/mol. The molecule has 112 valence electrons. The number of hydrogen-bond donors (Lipinski definition) is 0. The van der Waals surface area contributed by atoms with Gasteiger partial charge < -0.3 is 14.4 Å². The summed E-state index contributed by atoms with van der Waals surface area (Å²) in [6.07, 6.45) is 2.68. The van der Waals surface area contributed by atoms with E-state index in [0.29, 0.717) is 18.2 Å². The molecule has 0 saturated carbocycles. The summed E-state index contributed by atoms with van der Waals surface area (Å²) >= 11 is 0. The van der Waals surface area contributed by atoms with E-state index in [2.05, 4.69) is 11.9 Å². The molecule has 0 saturated heterocycles. The van der Waals surface area contributed by atoms with E-state index < -0.39 is 0 Å². The van der Waals surface area contributed by atoms with Gasteiger partial charge in [-0.15, -0.1) is 0 Å².